The molecule has 0 aliphatic carbocycles. The lowest BCUT2D eigenvalue weighted by molar-refractivity contribution is -0.141. The Morgan fingerprint density at radius 1 is 1.32 bits per heavy atom. The lowest BCUT2D eigenvalue weighted by Crippen LogP contribution is -2.46. The summed E-state index contributed by atoms with van der Waals surface area (Å²) < 4.78 is 0. The monoisotopic (exact) mass is 302 g/mol. The Morgan fingerprint density at radius 2 is 2.00 bits per heavy atom. The Bertz CT molecular complexity index is 524. The third-order valence-electron chi connectivity index (χ3n) is 4.45. The van der Waals surface area contributed by atoms with E-state index in [4.69, 9.17) is 0 Å². The number of rotatable bonds is 5. The summed E-state index contributed by atoms with van der Waals surface area (Å²) in [6.07, 6.45) is 3.12. The van der Waals surface area contributed by atoms with Crippen molar-refractivity contribution in [3.63, 3.8) is 0 Å². The van der Waals surface area contributed by atoms with Crippen molar-refractivity contribution in [3.8, 4) is 0 Å². The maximum atomic E-state index is 12.5. The van der Waals surface area contributed by atoms with Crippen LogP contribution in [0.15, 0.2) is 24.3 Å². The first-order valence-electron chi connectivity index (χ1n) is 8.14. The van der Waals surface area contributed by atoms with Gasteiger partial charge in [0.1, 0.15) is 0 Å². The van der Waals surface area contributed by atoms with Crippen molar-refractivity contribution in [2.24, 2.45) is 5.92 Å². The maximum absolute atomic E-state index is 12.5. The summed E-state index contributed by atoms with van der Waals surface area (Å²) in [6, 6.07) is 7.97. The molecular formula is C18H26N2O2. The van der Waals surface area contributed by atoms with Crippen molar-refractivity contribution in [2.45, 2.75) is 45.6 Å². The SMILES string of the molecule is CCCCNC(=O)[C@H]1CCC(=O)N(C)[C@@H]1c1ccc(C)cc1. The van der Waals surface area contributed by atoms with Crippen LogP contribution in [-0.2, 0) is 9.59 Å². The number of amides is 2. The second-order valence-corrected chi connectivity index (χ2v) is 6.15. The number of likely N-dealkylation sites (tertiary alicyclic amines) is 1. The number of unbranched alkanes of at least 4 members (excludes halogenated alkanes) is 1. The van der Waals surface area contributed by atoms with E-state index in [1.807, 2.05) is 31.2 Å². The highest BCUT2D eigenvalue weighted by Crippen LogP contribution is 2.35. The molecule has 0 radical (unpaired) electrons. The summed E-state index contributed by atoms with van der Waals surface area (Å²) in [5.74, 6) is 0.0174. The van der Waals surface area contributed by atoms with Gasteiger partial charge in [0.2, 0.25) is 11.8 Å². The highest BCUT2D eigenvalue weighted by molar-refractivity contribution is 5.84. The molecule has 2 amide bonds. The molecule has 0 bridgehead atoms. The summed E-state index contributed by atoms with van der Waals surface area (Å²) in [5, 5.41) is 3.02. The first kappa shape index (κ1) is 16.5. The van der Waals surface area contributed by atoms with E-state index in [0.29, 0.717) is 19.4 Å². The molecule has 1 N–H and O–H groups in total. The average molecular weight is 302 g/mol. The van der Waals surface area contributed by atoms with Gasteiger partial charge in [0.25, 0.3) is 0 Å². The number of hydrogen-bond donors (Lipinski definition) is 1. The number of carbonyl (C=O) groups excluding carboxylic acids is 2. The number of hydrogen-bond acceptors (Lipinski definition) is 2. The Balaban J connectivity index is 2.20. The van der Waals surface area contributed by atoms with Crippen LogP contribution < -0.4 is 5.32 Å². The van der Waals surface area contributed by atoms with Crippen LogP contribution in [0.2, 0.25) is 0 Å². The predicted octanol–water partition coefficient (Wildman–Crippen LogP) is 2.82. The van der Waals surface area contributed by atoms with Crippen LogP contribution in [0.3, 0.4) is 0 Å². The summed E-state index contributed by atoms with van der Waals surface area (Å²) >= 11 is 0. The van der Waals surface area contributed by atoms with Gasteiger partial charge in [-0.1, -0.05) is 43.2 Å². The lowest BCUT2D eigenvalue weighted by atomic mass is 9.83. The second-order valence-electron chi connectivity index (χ2n) is 6.15. The van der Waals surface area contributed by atoms with Gasteiger partial charge in [-0.3, -0.25) is 9.59 Å². The minimum atomic E-state index is -0.165. The highest BCUT2D eigenvalue weighted by Gasteiger charge is 2.38. The van der Waals surface area contributed by atoms with Gasteiger partial charge < -0.3 is 10.2 Å². The van der Waals surface area contributed by atoms with Crippen molar-refractivity contribution >= 4 is 11.8 Å². The quantitative estimate of drug-likeness (QED) is 0.850. The van der Waals surface area contributed by atoms with Gasteiger partial charge in [-0.25, -0.2) is 0 Å². The molecular weight excluding hydrogens is 276 g/mol. The van der Waals surface area contributed by atoms with Crippen LogP contribution in [-0.4, -0.2) is 30.3 Å². The van der Waals surface area contributed by atoms with Crippen LogP contribution in [0.5, 0.6) is 0 Å². The lowest BCUT2D eigenvalue weighted by Gasteiger charge is -2.38. The van der Waals surface area contributed by atoms with E-state index in [0.717, 1.165) is 18.4 Å². The number of nitrogens with zero attached hydrogens (tertiary/aromatic N) is 1. The zero-order valence-corrected chi connectivity index (χ0v) is 13.8. The van der Waals surface area contributed by atoms with Crippen LogP contribution in [0.1, 0.15) is 49.8 Å². The van der Waals surface area contributed by atoms with Gasteiger partial charge in [0.05, 0.1) is 12.0 Å². The summed E-state index contributed by atoms with van der Waals surface area (Å²) in [7, 11) is 1.80. The zero-order valence-electron chi connectivity index (χ0n) is 13.8. The normalized spacial score (nSPS) is 21.8. The molecule has 2 rings (SSSR count). The fourth-order valence-electron chi connectivity index (χ4n) is 3.05. The Kier molecular flexibility index (Phi) is 5.58. The summed E-state index contributed by atoms with van der Waals surface area (Å²) in [4.78, 5) is 26.3. The Hall–Kier alpha value is -1.84. The molecule has 1 aliphatic heterocycles. The molecule has 1 aromatic rings. The molecule has 1 fully saturated rings. The molecule has 0 spiro atoms. The molecule has 4 nitrogen and oxygen atoms in total. The van der Waals surface area contributed by atoms with E-state index >= 15 is 0 Å². The van der Waals surface area contributed by atoms with Crippen molar-refractivity contribution in [2.75, 3.05) is 13.6 Å². The van der Waals surface area contributed by atoms with Crippen LogP contribution >= 0.6 is 0 Å². The van der Waals surface area contributed by atoms with Crippen molar-refractivity contribution < 1.29 is 9.59 Å². The Labute approximate surface area is 132 Å². The number of carbonyl (C=O) groups is 2. The van der Waals surface area contributed by atoms with Crippen LogP contribution in [0.4, 0.5) is 0 Å². The molecule has 1 saturated heterocycles. The summed E-state index contributed by atoms with van der Waals surface area (Å²) in [6.45, 7) is 4.85. The largest absolute Gasteiger partial charge is 0.356 e. The third kappa shape index (κ3) is 3.67. The minimum absolute atomic E-state index is 0.0679. The molecule has 1 heterocycles. The zero-order chi connectivity index (χ0) is 16.1. The van der Waals surface area contributed by atoms with Gasteiger partial charge >= 0.3 is 0 Å². The maximum Gasteiger partial charge on any atom is 0.225 e. The number of piperidine rings is 1. The highest BCUT2D eigenvalue weighted by atomic mass is 16.2. The Morgan fingerprint density at radius 3 is 2.64 bits per heavy atom. The molecule has 0 saturated carbocycles. The minimum Gasteiger partial charge on any atom is -0.356 e. The van der Waals surface area contributed by atoms with Crippen molar-refractivity contribution in [3.05, 3.63) is 35.4 Å². The standard InChI is InChI=1S/C18H26N2O2/c1-4-5-12-19-18(22)15-10-11-16(21)20(3)17(15)14-8-6-13(2)7-9-14/h6-9,15,17H,4-5,10-12H2,1-3H3,(H,19,22)/t15-,17+/m0/s1. The van der Waals surface area contributed by atoms with E-state index < -0.39 is 0 Å². The topological polar surface area (TPSA) is 49.4 Å². The molecule has 120 valence electrons. The van der Waals surface area contributed by atoms with E-state index in [-0.39, 0.29) is 23.8 Å². The van der Waals surface area contributed by atoms with E-state index in [1.54, 1.807) is 11.9 Å². The third-order valence-corrected chi connectivity index (χ3v) is 4.45. The molecule has 22 heavy (non-hydrogen) atoms. The number of aryl methyl sites for hydroxylation is 1. The van der Waals surface area contributed by atoms with Crippen LogP contribution in [0, 0.1) is 12.8 Å². The molecule has 0 aromatic heterocycles. The smallest absolute Gasteiger partial charge is 0.225 e. The number of benzene rings is 1. The first-order valence-corrected chi connectivity index (χ1v) is 8.14. The molecule has 2 atom stereocenters. The van der Waals surface area contributed by atoms with Crippen LogP contribution in [0.25, 0.3) is 0 Å². The van der Waals surface area contributed by atoms with Gasteiger partial charge in [-0.05, 0) is 25.3 Å². The molecule has 0 unspecified atom stereocenters. The van der Waals surface area contributed by atoms with Gasteiger partial charge in [-0.2, -0.15) is 0 Å². The molecule has 1 aliphatic rings. The van der Waals surface area contributed by atoms with Gasteiger partial charge in [0.15, 0.2) is 0 Å². The van der Waals surface area contributed by atoms with E-state index in [1.165, 1.54) is 5.56 Å². The fraction of sp³-hybridized carbons (Fsp3) is 0.556. The van der Waals surface area contributed by atoms with Gasteiger partial charge in [-0.15, -0.1) is 0 Å². The molecule has 4 heteroatoms. The second kappa shape index (κ2) is 7.43. The summed E-state index contributed by atoms with van der Waals surface area (Å²) in [5.41, 5.74) is 2.22. The molecule has 1 aromatic carbocycles. The fourth-order valence-corrected chi connectivity index (χ4v) is 3.05. The van der Waals surface area contributed by atoms with E-state index in [2.05, 4.69) is 12.2 Å². The van der Waals surface area contributed by atoms with Gasteiger partial charge in [0, 0.05) is 20.0 Å². The number of nitrogens with one attached hydrogen (secondary N) is 1. The first-order chi connectivity index (χ1) is 10.5. The van der Waals surface area contributed by atoms with Crippen molar-refractivity contribution in [1.29, 1.82) is 0 Å². The predicted molar refractivity (Wildman–Crippen MR) is 87.3 cm³/mol. The van der Waals surface area contributed by atoms with E-state index in [9.17, 15) is 9.59 Å². The van der Waals surface area contributed by atoms with Crippen molar-refractivity contribution in [1.82, 2.24) is 10.2 Å². The average Bonchev–Trinajstić information content (AvgIpc) is 2.51.